The molecule has 0 saturated carbocycles. The van der Waals surface area contributed by atoms with Crippen LogP contribution in [0.15, 0.2) is 28.9 Å². The number of hydrogen-bond donors (Lipinski definition) is 2. The summed E-state index contributed by atoms with van der Waals surface area (Å²) in [6.45, 7) is 0. The number of carbonyl (C=O) groups is 1. The lowest BCUT2D eigenvalue weighted by Crippen LogP contribution is -2.13. The zero-order valence-corrected chi connectivity index (χ0v) is 9.59. The molecule has 0 saturated heterocycles. The minimum absolute atomic E-state index is 0.0407. The third-order valence-corrected chi connectivity index (χ3v) is 2.49. The van der Waals surface area contributed by atoms with Crippen LogP contribution in [0, 0.1) is 11.6 Å². The minimum atomic E-state index is -0.935. The van der Waals surface area contributed by atoms with Crippen LogP contribution in [0.1, 0.15) is 10.4 Å². The van der Waals surface area contributed by atoms with Crippen LogP contribution in [-0.4, -0.2) is 5.91 Å². The average molecular weight is 273 g/mol. The summed E-state index contributed by atoms with van der Waals surface area (Å²) >= 11 is 5.59. The van der Waals surface area contributed by atoms with Gasteiger partial charge in [-0.3, -0.25) is 4.79 Å². The van der Waals surface area contributed by atoms with Gasteiger partial charge >= 0.3 is 0 Å². The van der Waals surface area contributed by atoms with Gasteiger partial charge in [-0.15, -0.1) is 0 Å². The molecular weight excluding hydrogens is 266 g/mol. The third-order valence-electron chi connectivity index (χ3n) is 2.20. The molecule has 1 aromatic heterocycles. The van der Waals surface area contributed by atoms with Crippen LogP contribution in [0.2, 0.25) is 5.22 Å². The molecule has 0 aliphatic heterocycles. The van der Waals surface area contributed by atoms with Gasteiger partial charge in [-0.05, 0) is 23.7 Å². The maximum atomic E-state index is 13.4. The highest BCUT2D eigenvalue weighted by molar-refractivity contribution is 6.32. The zero-order chi connectivity index (χ0) is 13.3. The predicted octanol–water partition coefficient (Wildman–Crippen LogP) is 3.05. The molecule has 0 fully saturated rings. The smallest absolute Gasteiger partial charge is 0.260 e. The van der Waals surface area contributed by atoms with Crippen molar-refractivity contribution in [3.8, 4) is 0 Å². The molecule has 0 aliphatic carbocycles. The number of amides is 1. The van der Waals surface area contributed by atoms with Crippen molar-refractivity contribution in [2.45, 2.75) is 0 Å². The van der Waals surface area contributed by atoms with E-state index in [-0.39, 0.29) is 22.2 Å². The second-order valence-corrected chi connectivity index (χ2v) is 3.76. The summed E-state index contributed by atoms with van der Waals surface area (Å²) in [5, 5.41) is 2.09. The first-order chi connectivity index (χ1) is 8.49. The number of carbonyl (C=O) groups excluding carboxylic acids is 1. The first-order valence-corrected chi connectivity index (χ1v) is 5.15. The van der Waals surface area contributed by atoms with Crippen LogP contribution >= 0.6 is 11.6 Å². The minimum Gasteiger partial charge on any atom is -0.452 e. The summed E-state index contributed by atoms with van der Waals surface area (Å²) in [5.74, 6) is -2.51. The van der Waals surface area contributed by atoms with Gasteiger partial charge in [0.1, 0.15) is 11.6 Å². The summed E-state index contributed by atoms with van der Waals surface area (Å²) in [4.78, 5) is 11.7. The van der Waals surface area contributed by atoms with Crippen molar-refractivity contribution in [2.24, 2.45) is 0 Å². The molecule has 0 spiro atoms. The van der Waals surface area contributed by atoms with E-state index in [1.165, 1.54) is 12.3 Å². The topological polar surface area (TPSA) is 68.3 Å². The Labute approximate surface area is 105 Å². The van der Waals surface area contributed by atoms with Gasteiger partial charge in [-0.2, -0.15) is 0 Å². The molecule has 4 nitrogen and oxygen atoms in total. The standard InChI is InChI=1S/C11H7ClF2N2O2/c12-10-5(1-2-18-10)11(17)16-9-4-8(15)6(13)3-7(9)14/h1-4H,15H2,(H,16,17). The Hall–Kier alpha value is -2.08. The lowest BCUT2D eigenvalue weighted by Gasteiger charge is -2.07. The van der Waals surface area contributed by atoms with Crippen molar-refractivity contribution in [2.75, 3.05) is 11.1 Å². The molecule has 7 heteroatoms. The van der Waals surface area contributed by atoms with Crippen LogP contribution in [0.4, 0.5) is 20.2 Å². The molecule has 0 aliphatic rings. The molecule has 1 aromatic carbocycles. The molecule has 1 heterocycles. The van der Waals surface area contributed by atoms with Gasteiger partial charge in [0.15, 0.2) is 0 Å². The fourth-order valence-electron chi connectivity index (χ4n) is 1.31. The van der Waals surface area contributed by atoms with Gasteiger partial charge in [0.25, 0.3) is 5.91 Å². The second-order valence-electron chi connectivity index (χ2n) is 3.42. The molecule has 18 heavy (non-hydrogen) atoms. The molecule has 94 valence electrons. The van der Waals surface area contributed by atoms with Gasteiger partial charge in [0.2, 0.25) is 5.22 Å². The van der Waals surface area contributed by atoms with E-state index in [1.54, 1.807) is 0 Å². The molecule has 2 rings (SSSR count). The number of furan rings is 1. The van der Waals surface area contributed by atoms with Crippen molar-refractivity contribution in [3.63, 3.8) is 0 Å². The van der Waals surface area contributed by atoms with Gasteiger partial charge in [-0.25, -0.2) is 8.78 Å². The number of halogens is 3. The highest BCUT2D eigenvalue weighted by Gasteiger charge is 2.16. The summed E-state index contributed by atoms with van der Waals surface area (Å²) in [6, 6.07) is 2.89. The summed E-state index contributed by atoms with van der Waals surface area (Å²) in [5.41, 5.74) is 4.80. The van der Waals surface area contributed by atoms with Crippen molar-refractivity contribution in [1.82, 2.24) is 0 Å². The maximum Gasteiger partial charge on any atom is 0.260 e. The van der Waals surface area contributed by atoms with Crippen LogP contribution < -0.4 is 11.1 Å². The van der Waals surface area contributed by atoms with Crippen LogP contribution in [0.3, 0.4) is 0 Å². The Balaban J connectivity index is 2.28. The largest absolute Gasteiger partial charge is 0.452 e. The number of hydrogen-bond acceptors (Lipinski definition) is 3. The van der Waals surface area contributed by atoms with Crippen molar-refractivity contribution in [3.05, 3.63) is 46.9 Å². The van der Waals surface area contributed by atoms with Gasteiger partial charge in [0, 0.05) is 6.07 Å². The fourth-order valence-corrected chi connectivity index (χ4v) is 1.51. The first kappa shape index (κ1) is 12.4. The van der Waals surface area contributed by atoms with Crippen molar-refractivity contribution in [1.29, 1.82) is 0 Å². The van der Waals surface area contributed by atoms with E-state index in [9.17, 15) is 13.6 Å². The molecule has 0 radical (unpaired) electrons. The highest BCUT2D eigenvalue weighted by Crippen LogP contribution is 2.23. The Kier molecular flexibility index (Phi) is 3.20. The first-order valence-electron chi connectivity index (χ1n) is 4.78. The lowest BCUT2D eigenvalue weighted by molar-refractivity contribution is 0.102. The van der Waals surface area contributed by atoms with E-state index in [1.807, 2.05) is 0 Å². The van der Waals surface area contributed by atoms with E-state index in [0.717, 1.165) is 6.07 Å². The summed E-state index contributed by atoms with van der Waals surface area (Å²) in [7, 11) is 0. The van der Waals surface area contributed by atoms with E-state index >= 15 is 0 Å². The van der Waals surface area contributed by atoms with E-state index < -0.39 is 17.5 Å². The monoisotopic (exact) mass is 272 g/mol. The maximum absolute atomic E-state index is 13.4. The number of nitrogens with one attached hydrogen (secondary N) is 1. The molecule has 1 amide bonds. The summed E-state index contributed by atoms with van der Waals surface area (Å²) < 4.78 is 31.0. The fraction of sp³-hybridized carbons (Fsp3) is 0. The molecule has 2 aromatic rings. The Morgan fingerprint density at radius 1 is 1.33 bits per heavy atom. The SMILES string of the molecule is Nc1cc(NC(=O)c2ccoc2Cl)c(F)cc1F. The Bertz CT molecular complexity index is 613. The van der Waals surface area contributed by atoms with Crippen molar-refractivity contribution < 1.29 is 18.0 Å². The average Bonchev–Trinajstić information content (AvgIpc) is 2.72. The Morgan fingerprint density at radius 2 is 2.06 bits per heavy atom. The van der Waals surface area contributed by atoms with Crippen molar-refractivity contribution >= 4 is 28.9 Å². The van der Waals surface area contributed by atoms with Crippen LogP contribution in [-0.2, 0) is 0 Å². The number of benzene rings is 1. The Morgan fingerprint density at radius 3 is 2.67 bits per heavy atom. The second kappa shape index (κ2) is 4.66. The van der Waals surface area contributed by atoms with E-state index in [0.29, 0.717) is 6.07 Å². The van der Waals surface area contributed by atoms with Gasteiger partial charge in [0.05, 0.1) is 23.2 Å². The van der Waals surface area contributed by atoms with Gasteiger partial charge in [-0.1, -0.05) is 0 Å². The van der Waals surface area contributed by atoms with Crippen LogP contribution in [0.5, 0.6) is 0 Å². The predicted molar refractivity (Wildman–Crippen MR) is 62.4 cm³/mol. The number of nitrogens with two attached hydrogens (primary N) is 1. The van der Waals surface area contributed by atoms with E-state index in [4.69, 9.17) is 21.8 Å². The lowest BCUT2D eigenvalue weighted by atomic mass is 10.2. The molecule has 0 unspecified atom stereocenters. The number of rotatable bonds is 2. The van der Waals surface area contributed by atoms with Gasteiger partial charge < -0.3 is 15.5 Å². The third kappa shape index (κ3) is 2.28. The molecule has 0 atom stereocenters. The number of anilines is 2. The normalized spacial score (nSPS) is 10.4. The van der Waals surface area contributed by atoms with Crippen LogP contribution in [0.25, 0.3) is 0 Å². The zero-order valence-electron chi connectivity index (χ0n) is 8.84. The van der Waals surface area contributed by atoms with E-state index in [2.05, 4.69) is 5.32 Å². The molecule has 3 N–H and O–H groups in total. The highest BCUT2D eigenvalue weighted by atomic mass is 35.5. The quantitative estimate of drug-likeness (QED) is 0.826. The molecule has 0 bridgehead atoms. The molecular formula is C11H7ClF2N2O2. The summed E-state index contributed by atoms with van der Waals surface area (Å²) in [6.07, 6.45) is 1.21. The number of nitrogen functional groups attached to an aromatic ring is 1.